The predicted molar refractivity (Wildman–Crippen MR) is 74.3 cm³/mol. The quantitative estimate of drug-likeness (QED) is 0.807. The summed E-state index contributed by atoms with van der Waals surface area (Å²) >= 11 is 0. The van der Waals surface area contributed by atoms with Crippen LogP contribution in [0.15, 0.2) is 0 Å². The van der Waals surface area contributed by atoms with Gasteiger partial charge in [-0.1, -0.05) is 26.7 Å². The molecule has 2 N–H and O–H groups in total. The molecule has 0 aromatic rings. The van der Waals surface area contributed by atoms with E-state index in [1.165, 1.54) is 25.7 Å². The van der Waals surface area contributed by atoms with Crippen molar-refractivity contribution in [2.75, 3.05) is 0 Å². The molecule has 2 fully saturated rings. The number of rotatable bonds is 4. The third-order valence-corrected chi connectivity index (χ3v) is 5.43. The lowest BCUT2D eigenvalue weighted by atomic mass is 9.61. The number of hydrogen-bond acceptors (Lipinski definition) is 2. The van der Waals surface area contributed by atoms with Crippen molar-refractivity contribution < 1.29 is 10.2 Å². The fourth-order valence-corrected chi connectivity index (χ4v) is 4.49. The lowest BCUT2D eigenvalue weighted by Gasteiger charge is -2.48. The van der Waals surface area contributed by atoms with Crippen LogP contribution in [0, 0.1) is 23.7 Å². The zero-order chi connectivity index (χ0) is 13.1. The molecule has 2 saturated carbocycles. The summed E-state index contributed by atoms with van der Waals surface area (Å²) in [5.41, 5.74) is 0. The second kappa shape index (κ2) is 6.38. The molecule has 0 aromatic heterocycles. The molecule has 2 aliphatic rings. The van der Waals surface area contributed by atoms with Crippen LogP contribution < -0.4 is 0 Å². The Labute approximate surface area is 112 Å². The number of aliphatic hydroxyl groups excluding tert-OH is 2. The van der Waals surface area contributed by atoms with Crippen LogP contribution in [-0.2, 0) is 0 Å². The highest BCUT2D eigenvalue weighted by molar-refractivity contribution is 4.96. The van der Waals surface area contributed by atoms with Crippen LogP contribution in [0.2, 0.25) is 0 Å². The predicted octanol–water partition coefficient (Wildman–Crippen LogP) is 3.36. The van der Waals surface area contributed by atoms with Crippen molar-refractivity contribution in [3.8, 4) is 0 Å². The van der Waals surface area contributed by atoms with E-state index in [1.807, 2.05) is 0 Å². The minimum absolute atomic E-state index is 0.167. The van der Waals surface area contributed by atoms with Crippen LogP contribution in [0.4, 0.5) is 0 Å². The highest BCUT2D eigenvalue weighted by Crippen LogP contribution is 2.46. The highest BCUT2D eigenvalue weighted by Gasteiger charge is 2.46. The summed E-state index contributed by atoms with van der Waals surface area (Å²) in [6.07, 6.45) is 8.82. The topological polar surface area (TPSA) is 40.5 Å². The van der Waals surface area contributed by atoms with Gasteiger partial charge in [-0.3, -0.25) is 0 Å². The van der Waals surface area contributed by atoms with Crippen LogP contribution in [0.5, 0.6) is 0 Å². The van der Waals surface area contributed by atoms with E-state index in [4.69, 9.17) is 0 Å². The molecule has 0 heterocycles. The minimum atomic E-state index is -0.252. The van der Waals surface area contributed by atoms with E-state index < -0.39 is 0 Å². The Kier molecular flexibility index (Phi) is 5.08. The van der Waals surface area contributed by atoms with Crippen LogP contribution in [0.1, 0.15) is 65.2 Å². The first-order valence-corrected chi connectivity index (χ1v) is 8.05. The summed E-state index contributed by atoms with van der Waals surface area (Å²) in [5, 5.41) is 21.2. The van der Waals surface area contributed by atoms with Gasteiger partial charge in [0.15, 0.2) is 0 Å². The Hall–Kier alpha value is -0.0800. The largest absolute Gasteiger partial charge is 0.392 e. The van der Waals surface area contributed by atoms with Crippen LogP contribution in [0.25, 0.3) is 0 Å². The van der Waals surface area contributed by atoms with Gasteiger partial charge in [0.1, 0.15) is 0 Å². The number of hydrogen-bond donors (Lipinski definition) is 2. The molecule has 0 spiro atoms. The zero-order valence-electron chi connectivity index (χ0n) is 12.0. The van der Waals surface area contributed by atoms with Gasteiger partial charge >= 0.3 is 0 Å². The molecule has 2 nitrogen and oxygen atoms in total. The first-order chi connectivity index (χ1) is 8.69. The Morgan fingerprint density at radius 1 is 0.778 bits per heavy atom. The van der Waals surface area contributed by atoms with Gasteiger partial charge in [-0.05, 0) is 56.3 Å². The van der Waals surface area contributed by atoms with Gasteiger partial charge in [-0.25, -0.2) is 0 Å². The van der Waals surface area contributed by atoms with Crippen molar-refractivity contribution >= 4 is 0 Å². The molecule has 0 saturated heterocycles. The third kappa shape index (κ3) is 2.75. The van der Waals surface area contributed by atoms with Crippen molar-refractivity contribution in [2.45, 2.75) is 77.4 Å². The summed E-state index contributed by atoms with van der Waals surface area (Å²) in [5.74, 6) is 1.62. The molecular weight excluding hydrogens is 224 g/mol. The van der Waals surface area contributed by atoms with Crippen molar-refractivity contribution in [1.82, 2.24) is 0 Å². The Bertz CT molecular complexity index is 229. The molecule has 2 unspecified atom stereocenters. The Morgan fingerprint density at radius 3 is 1.61 bits per heavy atom. The van der Waals surface area contributed by atoms with Crippen molar-refractivity contribution in [3.63, 3.8) is 0 Å². The van der Waals surface area contributed by atoms with E-state index in [-0.39, 0.29) is 18.1 Å². The number of fused-ring (bicyclic) bond motifs is 1. The first kappa shape index (κ1) is 14.3. The standard InChI is InChI=1S/C16H30O2/c1-3-5-12-9-7-11-8-10-13(6-4-2)16(18)14(11)15(12)17/h11-18H,3-10H2,1-2H3/t11?,12-,13-,14?,15?,16?/m0/s1. The van der Waals surface area contributed by atoms with Gasteiger partial charge in [0.05, 0.1) is 12.2 Å². The summed E-state index contributed by atoms with van der Waals surface area (Å²) in [7, 11) is 0. The molecule has 2 rings (SSSR count). The summed E-state index contributed by atoms with van der Waals surface area (Å²) in [6.45, 7) is 4.38. The first-order valence-electron chi connectivity index (χ1n) is 8.05. The lowest BCUT2D eigenvalue weighted by Crippen LogP contribution is -2.50. The van der Waals surface area contributed by atoms with Gasteiger partial charge in [-0.2, -0.15) is 0 Å². The summed E-state index contributed by atoms with van der Waals surface area (Å²) < 4.78 is 0. The zero-order valence-corrected chi connectivity index (χ0v) is 12.0. The normalized spacial score (nSPS) is 44.7. The van der Waals surface area contributed by atoms with E-state index in [0.29, 0.717) is 17.8 Å². The maximum absolute atomic E-state index is 10.6. The highest BCUT2D eigenvalue weighted by atomic mass is 16.3. The molecule has 0 aromatic carbocycles. The second-order valence-corrected chi connectivity index (χ2v) is 6.57. The van der Waals surface area contributed by atoms with Crippen molar-refractivity contribution in [1.29, 1.82) is 0 Å². The molecule has 0 radical (unpaired) electrons. The minimum Gasteiger partial charge on any atom is -0.392 e. The average molecular weight is 254 g/mol. The lowest BCUT2D eigenvalue weighted by molar-refractivity contribution is -0.118. The molecule has 106 valence electrons. The number of aliphatic hydroxyl groups is 2. The molecule has 2 aliphatic carbocycles. The van der Waals surface area contributed by atoms with E-state index in [0.717, 1.165) is 25.7 Å². The molecule has 2 heteroatoms. The fourth-order valence-electron chi connectivity index (χ4n) is 4.49. The summed E-state index contributed by atoms with van der Waals surface area (Å²) in [6, 6.07) is 0. The van der Waals surface area contributed by atoms with E-state index in [9.17, 15) is 10.2 Å². The smallest absolute Gasteiger partial charge is 0.0623 e. The Balaban J connectivity index is 2.04. The maximum atomic E-state index is 10.6. The fraction of sp³-hybridized carbons (Fsp3) is 1.00. The monoisotopic (exact) mass is 254 g/mol. The van der Waals surface area contributed by atoms with Crippen LogP contribution in [-0.4, -0.2) is 22.4 Å². The van der Waals surface area contributed by atoms with Gasteiger partial charge < -0.3 is 10.2 Å². The second-order valence-electron chi connectivity index (χ2n) is 6.57. The van der Waals surface area contributed by atoms with Gasteiger partial charge in [0.2, 0.25) is 0 Å². The average Bonchev–Trinajstić information content (AvgIpc) is 2.36. The van der Waals surface area contributed by atoms with E-state index >= 15 is 0 Å². The van der Waals surface area contributed by atoms with Crippen LogP contribution >= 0.6 is 0 Å². The summed E-state index contributed by atoms with van der Waals surface area (Å²) in [4.78, 5) is 0. The molecule has 0 bridgehead atoms. The maximum Gasteiger partial charge on any atom is 0.0623 e. The van der Waals surface area contributed by atoms with Crippen molar-refractivity contribution in [2.24, 2.45) is 23.7 Å². The molecule has 0 aliphatic heterocycles. The van der Waals surface area contributed by atoms with Crippen molar-refractivity contribution in [3.05, 3.63) is 0 Å². The van der Waals surface area contributed by atoms with E-state index in [2.05, 4.69) is 13.8 Å². The van der Waals surface area contributed by atoms with Gasteiger partial charge in [0, 0.05) is 5.92 Å². The van der Waals surface area contributed by atoms with Crippen LogP contribution in [0.3, 0.4) is 0 Å². The SMILES string of the molecule is CCC[C@H]1CCC2CC[C@H](CCC)C(O)C2C1O. The molecular formula is C16H30O2. The van der Waals surface area contributed by atoms with Gasteiger partial charge in [-0.15, -0.1) is 0 Å². The molecule has 18 heavy (non-hydrogen) atoms. The van der Waals surface area contributed by atoms with E-state index in [1.54, 1.807) is 0 Å². The third-order valence-electron chi connectivity index (χ3n) is 5.43. The molecule has 4 atom stereocenters. The van der Waals surface area contributed by atoms with Gasteiger partial charge in [0.25, 0.3) is 0 Å². The molecule has 0 amide bonds. The Morgan fingerprint density at radius 2 is 1.22 bits per heavy atom.